The normalized spacial score (nSPS) is 56.2. The molecule has 0 heterocycles. The summed E-state index contributed by atoms with van der Waals surface area (Å²) in [4.78, 5) is 0. The van der Waals surface area contributed by atoms with Gasteiger partial charge in [-0.3, -0.25) is 0 Å². The molecule has 3 fully saturated rings. The Bertz CT molecular complexity index is 466. The summed E-state index contributed by atoms with van der Waals surface area (Å²) >= 11 is 0. The Balaban J connectivity index is 1.67. The summed E-state index contributed by atoms with van der Waals surface area (Å²) in [5.41, 5.74) is 2.65. The van der Waals surface area contributed by atoms with Gasteiger partial charge in [0.15, 0.2) is 0 Å². The average Bonchev–Trinajstić information content (AvgIpc) is 2.76. The fourth-order valence-electron chi connectivity index (χ4n) is 6.97. The molecule has 1 N–H and O–H groups in total. The van der Waals surface area contributed by atoms with Crippen LogP contribution in [-0.4, -0.2) is 11.2 Å². The van der Waals surface area contributed by atoms with Crippen LogP contribution in [0.15, 0.2) is 11.6 Å². The molecule has 4 aliphatic carbocycles. The van der Waals surface area contributed by atoms with Crippen molar-refractivity contribution < 1.29 is 5.11 Å². The van der Waals surface area contributed by atoms with Crippen molar-refractivity contribution in [3.8, 4) is 0 Å². The van der Waals surface area contributed by atoms with Crippen molar-refractivity contribution in [2.75, 3.05) is 0 Å². The van der Waals surface area contributed by atoms with Crippen molar-refractivity contribution in [3.05, 3.63) is 11.6 Å². The second-order valence-electron chi connectivity index (χ2n) is 9.15. The van der Waals surface area contributed by atoms with Crippen LogP contribution in [0, 0.1) is 34.5 Å². The maximum absolute atomic E-state index is 10.0. The van der Waals surface area contributed by atoms with Gasteiger partial charge in [-0.15, -0.1) is 0 Å². The van der Waals surface area contributed by atoms with Crippen molar-refractivity contribution in [2.24, 2.45) is 34.5 Å². The lowest BCUT2D eigenvalue weighted by Crippen LogP contribution is -2.50. The minimum Gasteiger partial charge on any atom is -0.389 e. The Kier molecular flexibility index (Phi) is 3.13. The molecule has 0 aromatic rings. The quantitative estimate of drug-likeness (QED) is 0.626. The van der Waals surface area contributed by atoms with Gasteiger partial charge in [-0.05, 0) is 85.9 Å². The minimum atomic E-state index is -0.162. The van der Waals surface area contributed by atoms with E-state index in [2.05, 4.69) is 26.8 Å². The van der Waals surface area contributed by atoms with Gasteiger partial charge in [-0.2, -0.15) is 0 Å². The lowest BCUT2D eigenvalue weighted by atomic mass is 9.47. The molecule has 0 radical (unpaired) electrons. The summed E-state index contributed by atoms with van der Waals surface area (Å²) in [5.74, 6) is 3.78. The highest BCUT2D eigenvalue weighted by Crippen LogP contribution is 2.66. The number of aliphatic hydroxyl groups excluding tert-OH is 1. The van der Waals surface area contributed by atoms with E-state index in [-0.39, 0.29) is 6.10 Å². The van der Waals surface area contributed by atoms with Gasteiger partial charge in [-0.25, -0.2) is 0 Å². The molecule has 0 amide bonds. The van der Waals surface area contributed by atoms with E-state index in [0.717, 1.165) is 30.1 Å². The smallest absolute Gasteiger partial charge is 0.0724 e. The standard InChI is InChI=1S/C20H32O/c1-13-4-7-17-16-6-5-14-12-15(21)8-10-20(14,3)18(16)9-11-19(13,17)2/h12-13,15-18,21H,4-11H2,1-3H3/t13?,15-,16?,17?,18?,19?,20?/m0/s1. The van der Waals surface area contributed by atoms with Gasteiger partial charge in [0, 0.05) is 0 Å². The molecule has 1 nitrogen and oxygen atoms in total. The van der Waals surface area contributed by atoms with Crippen molar-refractivity contribution >= 4 is 0 Å². The van der Waals surface area contributed by atoms with E-state index in [1.807, 2.05) is 0 Å². The highest BCUT2D eigenvalue weighted by molar-refractivity contribution is 5.25. The van der Waals surface area contributed by atoms with Crippen LogP contribution in [0.1, 0.15) is 72.1 Å². The molecule has 0 saturated heterocycles. The van der Waals surface area contributed by atoms with Crippen LogP contribution in [0.2, 0.25) is 0 Å². The van der Waals surface area contributed by atoms with E-state index in [9.17, 15) is 5.11 Å². The molecule has 118 valence electrons. The monoisotopic (exact) mass is 288 g/mol. The van der Waals surface area contributed by atoms with Gasteiger partial charge in [0.25, 0.3) is 0 Å². The number of hydrogen-bond acceptors (Lipinski definition) is 1. The molecule has 4 aliphatic rings. The number of allylic oxidation sites excluding steroid dienone is 1. The average molecular weight is 288 g/mol. The number of rotatable bonds is 0. The van der Waals surface area contributed by atoms with E-state index in [4.69, 9.17) is 0 Å². The maximum atomic E-state index is 10.0. The zero-order valence-corrected chi connectivity index (χ0v) is 14.1. The minimum absolute atomic E-state index is 0.162. The zero-order chi connectivity index (χ0) is 14.8. The summed E-state index contributed by atoms with van der Waals surface area (Å²) < 4.78 is 0. The van der Waals surface area contributed by atoms with Gasteiger partial charge in [0.1, 0.15) is 0 Å². The molecule has 6 unspecified atom stereocenters. The van der Waals surface area contributed by atoms with Gasteiger partial charge in [-0.1, -0.05) is 32.4 Å². The SMILES string of the molecule is CC1CCC2C3CCC4=C[C@@H](O)CCC4(C)C3CCC12C. The van der Waals surface area contributed by atoms with Gasteiger partial charge in [0.2, 0.25) is 0 Å². The van der Waals surface area contributed by atoms with E-state index < -0.39 is 0 Å². The summed E-state index contributed by atoms with van der Waals surface area (Å²) in [6.07, 6.45) is 12.8. The first-order valence-electron chi connectivity index (χ1n) is 9.34. The van der Waals surface area contributed by atoms with Gasteiger partial charge >= 0.3 is 0 Å². The van der Waals surface area contributed by atoms with E-state index in [1.165, 1.54) is 44.9 Å². The summed E-state index contributed by atoms with van der Waals surface area (Å²) in [5, 5.41) is 10.0. The Morgan fingerprint density at radius 1 is 1.00 bits per heavy atom. The van der Waals surface area contributed by atoms with Crippen molar-refractivity contribution in [1.29, 1.82) is 0 Å². The molecule has 0 aliphatic heterocycles. The van der Waals surface area contributed by atoms with Crippen LogP contribution < -0.4 is 0 Å². The highest BCUT2D eigenvalue weighted by Gasteiger charge is 2.57. The predicted octanol–water partition coefficient (Wildman–Crippen LogP) is 4.95. The van der Waals surface area contributed by atoms with Gasteiger partial charge in [0.05, 0.1) is 6.10 Å². The third kappa shape index (κ3) is 1.85. The van der Waals surface area contributed by atoms with Crippen molar-refractivity contribution in [2.45, 2.75) is 78.2 Å². The van der Waals surface area contributed by atoms with Crippen LogP contribution in [0.4, 0.5) is 0 Å². The first-order valence-corrected chi connectivity index (χ1v) is 9.34. The highest BCUT2D eigenvalue weighted by atomic mass is 16.3. The molecule has 1 heteroatoms. The molecule has 21 heavy (non-hydrogen) atoms. The van der Waals surface area contributed by atoms with Crippen LogP contribution in [-0.2, 0) is 0 Å². The molecular weight excluding hydrogens is 256 g/mol. The number of aliphatic hydroxyl groups is 1. The maximum Gasteiger partial charge on any atom is 0.0724 e. The van der Waals surface area contributed by atoms with Crippen LogP contribution in [0.25, 0.3) is 0 Å². The first-order chi connectivity index (χ1) is 9.95. The lowest BCUT2D eigenvalue weighted by molar-refractivity contribution is -0.0528. The fraction of sp³-hybridized carbons (Fsp3) is 0.900. The summed E-state index contributed by atoms with van der Waals surface area (Å²) in [6.45, 7) is 7.64. The van der Waals surface area contributed by atoms with E-state index >= 15 is 0 Å². The zero-order valence-electron chi connectivity index (χ0n) is 14.1. The van der Waals surface area contributed by atoms with E-state index in [1.54, 1.807) is 5.57 Å². The molecule has 4 rings (SSSR count). The van der Waals surface area contributed by atoms with Crippen molar-refractivity contribution in [3.63, 3.8) is 0 Å². The third-order valence-corrected chi connectivity index (χ3v) is 8.56. The summed E-state index contributed by atoms with van der Waals surface area (Å²) in [7, 11) is 0. The molecule has 3 saturated carbocycles. The van der Waals surface area contributed by atoms with Crippen LogP contribution in [0.5, 0.6) is 0 Å². The van der Waals surface area contributed by atoms with Crippen LogP contribution >= 0.6 is 0 Å². The molecular formula is C20H32O. The number of hydrogen-bond donors (Lipinski definition) is 1. The first kappa shape index (κ1) is 14.3. The molecule has 0 bridgehead atoms. The third-order valence-electron chi connectivity index (χ3n) is 8.56. The Morgan fingerprint density at radius 2 is 1.81 bits per heavy atom. The second kappa shape index (κ2) is 4.60. The Morgan fingerprint density at radius 3 is 2.62 bits per heavy atom. The lowest BCUT2D eigenvalue weighted by Gasteiger charge is -2.58. The summed E-state index contributed by atoms with van der Waals surface area (Å²) in [6, 6.07) is 0. The molecule has 0 spiro atoms. The number of fused-ring (bicyclic) bond motifs is 5. The van der Waals surface area contributed by atoms with Crippen LogP contribution in [0.3, 0.4) is 0 Å². The predicted molar refractivity (Wildman–Crippen MR) is 86.9 cm³/mol. The molecule has 7 atom stereocenters. The fourth-order valence-corrected chi connectivity index (χ4v) is 6.97. The largest absolute Gasteiger partial charge is 0.389 e. The Labute approximate surface area is 130 Å². The Hall–Kier alpha value is -0.300. The second-order valence-corrected chi connectivity index (χ2v) is 9.15. The van der Waals surface area contributed by atoms with E-state index in [0.29, 0.717) is 10.8 Å². The molecule has 0 aromatic heterocycles. The topological polar surface area (TPSA) is 20.2 Å². The molecule has 0 aromatic carbocycles. The van der Waals surface area contributed by atoms with Crippen molar-refractivity contribution in [1.82, 2.24) is 0 Å². The van der Waals surface area contributed by atoms with Gasteiger partial charge < -0.3 is 5.11 Å².